The summed E-state index contributed by atoms with van der Waals surface area (Å²) in [5, 5.41) is 8.94. The van der Waals surface area contributed by atoms with Crippen LogP contribution >= 0.6 is 21.6 Å². The highest BCUT2D eigenvalue weighted by Gasteiger charge is 2.23. The van der Waals surface area contributed by atoms with E-state index >= 15 is 0 Å². The predicted octanol–water partition coefficient (Wildman–Crippen LogP) is 5.11. The molecule has 0 bridgehead atoms. The van der Waals surface area contributed by atoms with Crippen LogP contribution in [0, 0.1) is 0 Å². The number of carbonyl (C=O) groups excluding carboxylic acids is 1. The molecule has 0 heterocycles. The smallest absolute Gasteiger partial charge is 0.227 e. The molecular weight excluding hydrogens is 390 g/mol. The molecule has 0 radical (unpaired) electrons. The number of aliphatic hydroxyl groups excluding tert-OH is 1. The second-order valence-corrected chi connectivity index (χ2v) is 10.6. The van der Waals surface area contributed by atoms with E-state index in [1.54, 1.807) is 10.8 Å². The van der Waals surface area contributed by atoms with Crippen molar-refractivity contribution in [2.24, 2.45) is 0 Å². The van der Waals surface area contributed by atoms with E-state index in [1.165, 1.54) is 11.1 Å². The van der Waals surface area contributed by atoms with Gasteiger partial charge in [0, 0.05) is 23.4 Å². The molecule has 0 aliphatic carbocycles. The first kappa shape index (κ1) is 25.3. The van der Waals surface area contributed by atoms with Crippen LogP contribution < -0.4 is 4.90 Å². The first-order valence-corrected chi connectivity index (χ1v) is 12.8. The molecule has 0 aromatic heterocycles. The van der Waals surface area contributed by atoms with Gasteiger partial charge in [-0.05, 0) is 62.6 Å². The maximum atomic E-state index is 13.1. The van der Waals surface area contributed by atoms with Gasteiger partial charge in [-0.3, -0.25) is 4.79 Å². The van der Waals surface area contributed by atoms with Crippen LogP contribution in [0.3, 0.4) is 0 Å². The summed E-state index contributed by atoms with van der Waals surface area (Å²) >= 11 is 0. The minimum atomic E-state index is 0.0000113. The molecule has 0 aliphatic heterocycles. The van der Waals surface area contributed by atoms with Crippen molar-refractivity contribution in [2.75, 3.05) is 37.5 Å². The van der Waals surface area contributed by atoms with E-state index in [-0.39, 0.29) is 17.3 Å². The minimum absolute atomic E-state index is 0.0000113. The largest absolute Gasteiger partial charge is 0.394 e. The van der Waals surface area contributed by atoms with Gasteiger partial charge in [0.1, 0.15) is 0 Å². The fourth-order valence-electron chi connectivity index (χ4n) is 3.07. The third kappa shape index (κ3) is 9.21. The summed E-state index contributed by atoms with van der Waals surface area (Å²) in [7, 11) is 3.56. The number of nitrogens with zero attached hydrogens (tertiary/aromatic N) is 1. The Labute approximate surface area is 179 Å². The highest BCUT2D eigenvalue weighted by molar-refractivity contribution is 8.76. The van der Waals surface area contributed by atoms with Crippen LogP contribution in [0.5, 0.6) is 0 Å². The fourth-order valence-corrected chi connectivity index (χ4v) is 5.31. The second kappa shape index (κ2) is 13.5. The maximum Gasteiger partial charge on any atom is 0.227 e. The van der Waals surface area contributed by atoms with E-state index < -0.39 is 0 Å². The average molecular weight is 428 g/mol. The number of carbonyl (C=O) groups is 1. The number of aliphatic hydroxyl groups is 1. The molecule has 0 saturated carbocycles. The van der Waals surface area contributed by atoms with Gasteiger partial charge in [-0.2, -0.15) is 0 Å². The number of benzene rings is 1. The highest BCUT2D eigenvalue weighted by atomic mass is 33.1. The van der Waals surface area contributed by atoms with E-state index in [0.29, 0.717) is 26.2 Å². The van der Waals surface area contributed by atoms with E-state index in [4.69, 9.17) is 9.84 Å². The van der Waals surface area contributed by atoms with Crippen molar-refractivity contribution in [1.29, 1.82) is 0 Å². The van der Waals surface area contributed by atoms with Crippen molar-refractivity contribution < 1.29 is 14.6 Å². The van der Waals surface area contributed by atoms with Crippen LogP contribution in [0.15, 0.2) is 18.2 Å². The van der Waals surface area contributed by atoms with E-state index in [9.17, 15) is 4.79 Å². The van der Waals surface area contributed by atoms with Gasteiger partial charge in [-0.25, -0.2) is 0 Å². The van der Waals surface area contributed by atoms with Gasteiger partial charge in [-0.1, -0.05) is 47.9 Å². The molecule has 0 fully saturated rings. The summed E-state index contributed by atoms with van der Waals surface area (Å²) in [5.74, 6) is 0.137. The molecule has 1 amide bonds. The highest BCUT2D eigenvalue weighted by Crippen LogP contribution is 2.37. The second-order valence-electron chi connectivity index (χ2n) is 7.50. The van der Waals surface area contributed by atoms with Crippen molar-refractivity contribution in [2.45, 2.75) is 64.5 Å². The lowest BCUT2D eigenvalue weighted by Gasteiger charge is -2.27. The molecule has 1 rings (SSSR count). The van der Waals surface area contributed by atoms with Crippen molar-refractivity contribution in [1.82, 2.24) is 0 Å². The van der Waals surface area contributed by atoms with Gasteiger partial charge in [0.15, 0.2) is 0 Å². The zero-order valence-electron chi connectivity index (χ0n) is 18.1. The van der Waals surface area contributed by atoms with Crippen molar-refractivity contribution >= 4 is 33.2 Å². The number of amides is 1. The topological polar surface area (TPSA) is 49.8 Å². The fraction of sp³-hybridized carbons (Fsp3) is 0.682. The van der Waals surface area contributed by atoms with Crippen LogP contribution in [-0.2, 0) is 22.4 Å². The number of rotatable bonds is 14. The quantitative estimate of drug-likeness (QED) is 0.330. The van der Waals surface area contributed by atoms with Crippen molar-refractivity contribution in [3.63, 3.8) is 0 Å². The van der Waals surface area contributed by atoms with E-state index in [2.05, 4.69) is 52.1 Å². The summed E-state index contributed by atoms with van der Waals surface area (Å²) in [6, 6.07) is 6.52. The van der Waals surface area contributed by atoms with Crippen LogP contribution in [0.1, 0.15) is 58.1 Å². The summed E-state index contributed by atoms with van der Waals surface area (Å²) in [4.78, 5) is 15.0. The summed E-state index contributed by atoms with van der Waals surface area (Å²) < 4.78 is 5.51. The van der Waals surface area contributed by atoms with Crippen LogP contribution in [0.25, 0.3) is 0 Å². The van der Waals surface area contributed by atoms with E-state index in [0.717, 1.165) is 31.4 Å². The lowest BCUT2D eigenvalue weighted by atomic mass is 10.0. The van der Waals surface area contributed by atoms with Gasteiger partial charge in [0.25, 0.3) is 0 Å². The molecule has 0 unspecified atom stereocenters. The Hall–Kier alpha value is -0.690. The molecule has 0 saturated heterocycles. The third-order valence-electron chi connectivity index (χ3n) is 4.54. The monoisotopic (exact) mass is 427 g/mol. The number of anilines is 1. The lowest BCUT2D eigenvalue weighted by Crippen LogP contribution is -2.35. The van der Waals surface area contributed by atoms with Gasteiger partial charge in [0.05, 0.1) is 19.8 Å². The molecule has 6 heteroatoms. The molecule has 4 nitrogen and oxygen atoms in total. The Kier molecular flexibility index (Phi) is 12.2. The van der Waals surface area contributed by atoms with E-state index in [1.807, 2.05) is 15.7 Å². The summed E-state index contributed by atoms with van der Waals surface area (Å²) in [6.07, 6.45) is 6.47. The Balaban J connectivity index is 3.00. The lowest BCUT2D eigenvalue weighted by molar-refractivity contribution is -0.119. The Morgan fingerprint density at radius 2 is 1.89 bits per heavy atom. The van der Waals surface area contributed by atoms with Crippen molar-refractivity contribution in [3.05, 3.63) is 29.3 Å². The maximum absolute atomic E-state index is 13.1. The Bertz CT molecular complexity index is 593. The van der Waals surface area contributed by atoms with Gasteiger partial charge in [-0.15, -0.1) is 0 Å². The molecule has 160 valence electrons. The first-order chi connectivity index (χ1) is 13.4. The third-order valence-corrected chi connectivity index (χ3v) is 7.22. The number of hydrogen-bond donors (Lipinski definition) is 1. The number of aryl methyl sites for hydroxylation is 2. The molecular formula is C22H37NO3S2. The average Bonchev–Trinajstić information content (AvgIpc) is 2.66. The molecule has 0 atom stereocenters. The summed E-state index contributed by atoms with van der Waals surface area (Å²) in [6.45, 7) is 9.93. The molecule has 0 spiro atoms. The van der Waals surface area contributed by atoms with Crippen LogP contribution in [0.4, 0.5) is 5.69 Å². The zero-order valence-corrected chi connectivity index (χ0v) is 19.8. The molecule has 1 aromatic rings. The van der Waals surface area contributed by atoms with Crippen molar-refractivity contribution in [3.8, 4) is 0 Å². The van der Waals surface area contributed by atoms with Gasteiger partial charge < -0.3 is 14.7 Å². The zero-order chi connectivity index (χ0) is 21.0. The van der Waals surface area contributed by atoms with Crippen LogP contribution in [-0.4, -0.2) is 48.4 Å². The first-order valence-electron chi connectivity index (χ1n) is 10.2. The molecule has 0 aliphatic rings. The number of ether oxygens (including phenoxy) is 1. The standard InChI is InChI=1S/C22H37NO3S2/c1-6-8-19-15-18(7-2)16-20(17-19)23(11-13-26-14-12-24)21(25)9-10-22(3,4)28-27-5/h15-17,24H,6-14H2,1-5H3. The SMILES string of the molecule is CCCc1cc(CC)cc(N(CCOCCO)C(=O)CCC(C)(C)SSC)c1. The number of hydrogen-bond acceptors (Lipinski definition) is 5. The minimum Gasteiger partial charge on any atom is -0.394 e. The van der Waals surface area contributed by atoms with Gasteiger partial charge in [0.2, 0.25) is 5.91 Å². The molecule has 1 aromatic carbocycles. The summed E-state index contributed by atoms with van der Waals surface area (Å²) in [5.41, 5.74) is 3.51. The Morgan fingerprint density at radius 1 is 1.18 bits per heavy atom. The Morgan fingerprint density at radius 3 is 2.50 bits per heavy atom. The molecule has 28 heavy (non-hydrogen) atoms. The predicted molar refractivity (Wildman–Crippen MR) is 124 cm³/mol. The van der Waals surface area contributed by atoms with Crippen LogP contribution in [0.2, 0.25) is 0 Å². The molecule has 1 N–H and O–H groups in total. The van der Waals surface area contributed by atoms with Gasteiger partial charge >= 0.3 is 0 Å². The normalized spacial score (nSPS) is 11.6.